The molecular weight excluding hydrogens is 402 g/mol. The highest BCUT2D eigenvalue weighted by Gasteiger charge is 2.27. The minimum atomic E-state index is -0.909. The number of rotatable bonds is 11. The average molecular weight is 438 g/mol. The van der Waals surface area contributed by atoms with Crippen LogP contribution in [0.3, 0.4) is 0 Å². The summed E-state index contributed by atoms with van der Waals surface area (Å²) in [6.45, 7) is 8.00. The van der Waals surface area contributed by atoms with E-state index in [1.165, 1.54) is 0 Å². The number of carbonyl (C=O) groups is 3. The number of benzene rings is 2. The van der Waals surface area contributed by atoms with Crippen molar-refractivity contribution in [3.63, 3.8) is 0 Å². The maximum absolute atomic E-state index is 13.1. The predicted octanol–water partition coefficient (Wildman–Crippen LogP) is 3.96. The summed E-state index contributed by atoms with van der Waals surface area (Å²) < 4.78 is 0. The molecule has 6 heteroatoms. The number of primary amides is 1. The lowest BCUT2D eigenvalue weighted by Crippen LogP contribution is -2.49. The molecule has 0 aliphatic carbocycles. The lowest BCUT2D eigenvalue weighted by atomic mass is 9.98. The molecule has 0 heterocycles. The first-order valence-corrected chi connectivity index (χ1v) is 11.2. The maximum atomic E-state index is 13.1. The van der Waals surface area contributed by atoms with Gasteiger partial charge < -0.3 is 16.4 Å². The molecule has 0 saturated carbocycles. The van der Waals surface area contributed by atoms with Crippen molar-refractivity contribution in [1.82, 2.24) is 10.6 Å². The van der Waals surface area contributed by atoms with Crippen molar-refractivity contribution in [2.45, 2.75) is 59.0 Å². The van der Waals surface area contributed by atoms with Crippen LogP contribution in [0.5, 0.6) is 0 Å². The summed E-state index contributed by atoms with van der Waals surface area (Å²) in [5.41, 5.74) is 8.21. The lowest BCUT2D eigenvalue weighted by molar-refractivity contribution is -0.131. The van der Waals surface area contributed by atoms with E-state index >= 15 is 0 Å². The highest BCUT2D eigenvalue weighted by Crippen LogP contribution is 2.23. The van der Waals surface area contributed by atoms with Gasteiger partial charge in [-0.05, 0) is 41.4 Å². The molecule has 0 unspecified atom stereocenters. The van der Waals surface area contributed by atoms with Crippen LogP contribution in [0.1, 0.15) is 58.6 Å². The summed E-state index contributed by atoms with van der Waals surface area (Å²) >= 11 is 0. The summed E-state index contributed by atoms with van der Waals surface area (Å²) in [5, 5.41) is 5.58. The van der Waals surface area contributed by atoms with E-state index in [0.717, 1.165) is 17.5 Å². The van der Waals surface area contributed by atoms with Gasteiger partial charge >= 0.3 is 0 Å². The van der Waals surface area contributed by atoms with Gasteiger partial charge in [-0.25, -0.2) is 0 Å². The van der Waals surface area contributed by atoms with Crippen LogP contribution in [0.2, 0.25) is 0 Å². The average Bonchev–Trinajstić information content (AvgIpc) is 2.76. The zero-order valence-corrected chi connectivity index (χ0v) is 19.4. The van der Waals surface area contributed by atoms with Crippen LogP contribution in [0.15, 0.2) is 54.6 Å². The van der Waals surface area contributed by atoms with Gasteiger partial charge in [0.15, 0.2) is 0 Å². The molecule has 2 rings (SSSR count). The third-order valence-electron chi connectivity index (χ3n) is 5.23. The van der Waals surface area contributed by atoms with Crippen molar-refractivity contribution >= 4 is 17.7 Å². The lowest BCUT2D eigenvalue weighted by Gasteiger charge is -2.23. The highest BCUT2D eigenvalue weighted by atomic mass is 16.2. The Morgan fingerprint density at radius 3 is 1.94 bits per heavy atom. The van der Waals surface area contributed by atoms with Gasteiger partial charge in [0.05, 0.1) is 0 Å². The largest absolute Gasteiger partial charge is 0.368 e. The van der Waals surface area contributed by atoms with E-state index in [1.54, 1.807) is 0 Å². The molecule has 0 bridgehead atoms. The minimum Gasteiger partial charge on any atom is -0.368 e. The van der Waals surface area contributed by atoms with Crippen molar-refractivity contribution in [3.8, 4) is 11.1 Å². The van der Waals surface area contributed by atoms with Gasteiger partial charge in [0.2, 0.25) is 17.7 Å². The number of amides is 3. The molecule has 6 nitrogen and oxygen atoms in total. The molecule has 172 valence electrons. The summed E-state index contributed by atoms with van der Waals surface area (Å²) in [4.78, 5) is 37.5. The van der Waals surface area contributed by atoms with Crippen molar-refractivity contribution in [1.29, 1.82) is 0 Å². The van der Waals surface area contributed by atoms with E-state index in [4.69, 9.17) is 5.73 Å². The van der Waals surface area contributed by atoms with E-state index in [9.17, 15) is 14.4 Å². The Labute approximate surface area is 191 Å². The molecule has 32 heavy (non-hydrogen) atoms. The summed E-state index contributed by atoms with van der Waals surface area (Å²) in [7, 11) is 0. The number of hydrogen-bond acceptors (Lipinski definition) is 3. The highest BCUT2D eigenvalue weighted by molar-refractivity contribution is 5.92. The van der Waals surface area contributed by atoms with Gasteiger partial charge in [-0.3, -0.25) is 14.4 Å². The molecule has 2 aromatic rings. The smallest absolute Gasteiger partial charge is 0.247 e. The molecule has 0 spiro atoms. The van der Waals surface area contributed by atoms with Crippen molar-refractivity contribution in [3.05, 3.63) is 60.2 Å². The van der Waals surface area contributed by atoms with E-state index in [2.05, 4.69) is 10.6 Å². The van der Waals surface area contributed by atoms with E-state index in [1.807, 2.05) is 82.3 Å². The molecule has 0 fully saturated rings. The Morgan fingerprint density at radius 1 is 0.812 bits per heavy atom. The zero-order valence-electron chi connectivity index (χ0n) is 19.4. The minimum absolute atomic E-state index is 0.178. The molecule has 0 aliphatic heterocycles. The SMILES string of the molecule is CC(C)CCC(=O)N[C@H](C(=O)N[C@@H](CC(C)C)C(N)=O)c1ccc(-c2ccccc2)cc1. The molecule has 2 aromatic carbocycles. The molecule has 3 amide bonds. The van der Waals surface area contributed by atoms with Gasteiger partial charge in [0.25, 0.3) is 0 Å². The number of carbonyl (C=O) groups excluding carboxylic acids is 3. The van der Waals surface area contributed by atoms with Crippen molar-refractivity contribution in [2.75, 3.05) is 0 Å². The van der Waals surface area contributed by atoms with Crippen LogP contribution in [0.4, 0.5) is 0 Å². The normalized spacial score (nSPS) is 12.9. The van der Waals surface area contributed by atoms with Gasteiger partial charge in [0.1, 0.15) is 12.1 Å². The third kappa shape index (κ3) is 7.84. The van der Waals surface area contributed by atoms with Crippen LogP contribution in [-0.4, -0.2) is 23.8 Å². The first kappa shape index (κ1) is 25.1. The van der Waals surface area contributed by atoms with Gasteiger partial charge in [-0.1, -0.05) is 82.3 Å². The molecule has 0 radical (unpaired) electrons. The van der Waals surface area contributed by atoms with Crippen molar-refractivity contribution in [2.24, 2.45) is 17.6 Å². The van der Waals surface area contributed by atoms with Crippen LogP contribution in [0.25, 0.3) is 11.1 Å². The van der Waals surface area contributed by atoms with Crippen LogP contribution in [-0.2, 0) is 14.4 Å². The predicted molar refractivity (Wildman–Crippen MR) is 127 cm³/mol. The molecule has 2 atom stereocenters. The van der Waals surface area contributed by atoms with Crippen molar-refractivity contribution < 1.29 is 14.4 Å². The fraction of sp³-hybridized carbons (Fsp3) is 0.423. The van der Waals surface area contributed by atoms with Gasteiger partial charge in [-0.15, -0.1) is 0 Å². The maximum Gasteiger partial charge on any atom is 0.247 e. The summed E-state index contributed by atoms with van der Waals surface area (Å²) in [6, 6.07) is 15.7. The standard InChI is InChI=1S/C26H35N3O3/c1-17(2)10-15-23(30)29-24(26(32)28-22(25(27)31)16-18(3)4)21-13-11-20(12-14-21)19-8-6-5-7-9-19/h5-9,11-14,17-18,22,24H,10,15-16H2,1-4H3,(H2,27,31)(H,28,32)(H,29,30)/t22-,24-/m0/s1. The third-order valence-corrected chi connectivity index (χ3v) is 5.23. The fourth-order valence-corrected chi connectivity index (χ4v) is 3.42. The molecule has 4 N–H and O–H groups in total. The number of nitrogens with one attached hydrogen (secondary N) is 2. The van der Waals surface area contributed by atoms with E-state index < -0.39 is 23.9 Å². The summed E-state index contributed by atoms with van der Waals surface area (Å²) in [5.74, 6) is -0.679. The van der Waals surface area contributed by atoms with E-state index in [0.29, 0.717) is 24.3 Å². The zero-order chi connectivity index (χ0) is 23.7. The van der Waals surface area contributed by atoms with Crippen LogP contribution < -0.4 is 16.4 Å². The molecule has 0 aliphatic rings. The first-order chi connectivity index (χ1) is 15.2. The Morgan fingerprint density at radius 2 is 1.41 bits per heavy atom. The molecule has 0 aromatic heterocycles. The Bertz CT molecular complexity index is 892. The van der Waals surface area contributed by atoms with Crippen LogP contribution >= 0.6 is 0 Å². The fourth-order valence-electron chi connectivity index (χ4n) is 3.42. The second-order valence-electron chi connectivity index (χ2n) is 9.01. The topological polar surface area (TPSA) is 101 Å². The van der Waals surface area contributed by atoms with E-state index in [-0.39, 0.29) is 11.8 Å². The summed E-state index contributed by atoms with van der Waals surface area (Å²) in [6.07, 6.45) is 1.49. The monoisotopic (exact) mass is 437 g/mol. The van der Waals surface area contributed by atoms with Crippen LogP contribution in [0, 0.1) is 11.8 Å². The second kappa shape index (κ2) is 12.0. The quantitative estimate of drug-likeness (QED) is 0.496. The Kier molecular flexibility index (Phi) is 9.44. The Hall–Kier alpha value is -3.15. The first-order valence-electron chi connectivity index (χ1n) is 11.2. The Balaban J connectivity index is 2.25. The molecule has 0 saturated heterocycles. The van der Waals surface area contributed by atoms with Gasteiger partial charge in [0, 0.05) is 6.42 Å². The number of nitrogens with two attached hydrogens (primary N) is 1. The molecular formula is C26H35N3O3. The van der Waals surface area contributed by atoms with Gasteiger partial charge in [-0.2, -0.15) is 0 Å². The second-order valence-corrected chi connectivity index (χ2v) is 9.01. The number of hydrogen-bond donors (Lipinski definition) is 3.